The highest BCUT2D eigenvalue weighted by atomic mass is 16.5. The van der Waals surface area contributed by atoms with Crippen LogP contribution in [-0.2, 0) is 17.8 Å². The number of methoxy groups -OCH3 is 1. The average Bonchev–Trinajstić information content (AvgIpc) is 2.85. The number of hydrogen-bond acceptors (Lipinski definition) is 4. The first-order valence-corrected chi connectivity index (χ1v) is 6.84. The van der Waals surface area contributed by atoms with Gasteiger partial charge in [0.1, 0.15) is 5.76 Å². The van der Waals surface area contributed by atoms with Crippen LogP contribution < -0.4 is 5.32 Å². The van der Waals surface area contributed by atoms with Crippen molar-refractivity contribution >= 4 is 0 Å². The molecule has 0 aromatic carbocycles. The van der Waals surface area contributed by atoms with E-state index in [-0.39, 0.29) is 0 Å². The zero-order valence-electron chi connectivity index (χ0n) is 11.4. The molecule has 0 atom stereocenters. The molecule has 0 amide bonds. The Labute approximate surface area is 109 Å². The van der Waals surface area contributed by atoms with Gasteiger partial charge in [0.2, 0.25) is 0 Å². The van der Waals surface area contributed by atoms with Crippen molar-refractivity contribution in [2.75, 3.05) is 26.7 Å². The second kappa shape index (κ2) is 6.92. The van der Waals surface area contributed by atoms with E-state index in [4.69, 9.17) is 9.15 Å². The molecular formula is C14H24N2O2. The summed E-state index contributed by atoms with van der Waals surface area (Å²) in [6.45, 7) is 7.11. The number of likely N-dealkylation sites (tertiary alicyclic amines) is 1. The molecule has 2 heterocycles. The highest BCUT2D eigenvalue weighted by molar-refractivity contribution is 5.12. The molecule has 2 rings (SSSR count). The van der Waals surface area contributed by atoms with Gasteiger partial charge >= 0.3 is 0 Å². The Balaban J connectivity index is 1.77. The van der Waals surface area contributed by atoms with Crippen LogP contribution in [0, 0.1) is 0 Å². The zero-order valence-corrected chi connectivity index (χ0v) is 11.4. The van der Waals surface area contributed by atoms with E-state index in [1.807, 2.05) is 6.26 Å². The third-order valence-electron chi connectivity index (χ3n) is 3.53. The van der Waals surface area contributed by atoms with E-state index >= 15 is 0 Å². The van der Waals surface area contributed by atoms with Gasteiger partial charge in [-0.3, -0.25) is 4.90 Å². The zero-order chi connectivity index (χ0) is 12.8. The first-order chi connectivity index (χ1) is 8.81. The minimum Gasteiger partial charge on any atom is -0.468 e. The van der Waals surface area contributed by atoms with Crippen molar-refractivity contribution in [2.45, 2.75) is 39.0 Å². The molecule has 0 aliphatic carbocycles. The van der Waals surface area contributed by atoms with E-state index in [0.29, 0.717) is 6.10 Å². The predicted octanol–water partition coefficient (Wildman–Crippen LogP) is 2.00. The van der Waals surface area contributed by atoms with Crippen molar-refractivity contribution in [3.05, 3.63) is 23.7 Å². The molecule has 4 nitrogen and oxygen atoms in total. The Morgan fingerprint density at radius 1 is 1.44 bits per heavy atom. The second-order valence-electron chi connectivity index (χ2n) is 4.91. The number of hydrogen-bond donors (Lipinski definition) is 1. The van der Waals surface area contributed by atoms with Gasteiger partial charge in [-0.2, -0.15) is 0 Å². The fourth-order valence-electron chi connectivity index (χ4n) is 2.39. The van der Waals surface area contributed by atoms with Crippen LogP contribution in [0.2, 0.25) is 0 Å². The van der Waals surface area contributed by atoms with Gasteiger partial charge in [-0.25, -0.2) is 0 Å². The van der Waals surface area contributed by atoms with Crippen LogP contribution in [0.1, 0.15) is 31.1 Å². The van der Waals surface area contributed by atoms with E-state index in [0.717, 1.165) is 51.3 Å². The molecule has 1 aromatic heterocycles. The lowest BCUT2D eigenvalue weighted by Crippen LogP contribution is -2.36. The second-order valence-corrected chi connectivity index (χ2v) is 4.91. The third kappa shape index (κ3) is 3.83. The summed E-state index contributed by atoms with van der Waals surface area (Å²) in [5.74, 6) is 1.07. The highest BCUT2D eigenvalue weighted by Gasteiger charge is 2.19. The lowest BCUT2D eigenvalue weighted by Gasteiger charge is -2.30. The van der Waals surface area contributed by atoms with Crippen LogP contribution >= 0.6 is 0 Å². The molecule has 0 saturated carbocycles. The normalized spacial score (nSPS) is 18.3. The fourth-order valence-corrected chi connectivity index (χ4v) is 2.39. The minimum absolute atomic E-state index is 0.446. The summed E-state index contributed by atoms with van der Waals surface area (Å²) in [5.41, 5.74) is 1.23. The van der Waals surface area contributed by atoms with Crippen LogP contribution in [-0.4, -0.2) is 37.7 Å². The molecule has 4 heteroatoms. The molecule has 18 heavy (non-hydrogen) atoms. The highest BCUT2D eigenvalue weighted by Crippen LogP contribution is 2.17. The Morgan fingerprint density at radius 3 is 2.89 bits per heavy atom. The van der Waals surface area contributed by atoms with Crippen molar-refractivity contribution in [2.24, 2.45) is 0 Å². The largest absolute Gasteiger partial charge is 0.468 e. The molecule has 1 saturated heterocycles. The Bertz CT molecular complexity index is 343. The molecule has 1 fully saturated rings. The summed E-state index contributed by atoms with van der Waals surface area (Å²) in [6.07, 6.45) is 4.56. The standard InChI is InChI=1S/C14H24N2O2/c1-3-15-9-12-8-14(18-11-12)10-16-6-4-13(17-2)5-7-16/h8,11,13,15H,3-7,9-10H2,1-2H3. The van der Waals surface area contributed by atoms with Gasteiger partial charge in [0.25, 0.3) is 0 Å². The number of nitrogens with one attached hydrogen (secondary N) is 1. The predicted molar refractivity (Wildman–Crippen MR) is 71.4 cm³/mol. The molecule has 0 spiro atoms. The smallest absolute Gasteiger partial charge is 0.118 e. The molecular weight excluding hydrogens is 228 g/mol. The van der Waals surface area contributed by atoms with Crippen molar-refractivity contribution in [1.29, 1.82) is 0 Å². The summed E-state index contributed by atoms with van der Waals surface area (Å²) < 4.78 is 11.0. The molecule has 1 aliphatic heterocycles. The average molecular weight is 252 g/mol. The summed E-state index contributed by atoms with van der Waals surface area (Å²) in [6, 6.07) is 2.16. The van der Waals surface area contributed by atoms with Crippen molar-refractivity contribution in [1.82, 2.24) is 10.2 Å². The maximum absolute atomic E-state index is 5.60. The molecule has 1 aromatic rings. The van der Waals surface area contributed by atoms with Crippen molar-refractivity contribution in [3.63, 3.8) is 0 Å². The molecule has 102 valence electrons. The first kappa shape index (κ1) is 13.6. The number of nitrogens with zero attached hydrogens (tertiary/aromatic N) is 1. The van der Waals surface area contributed by atoms with Gasteiger partial charge in [0.15, 0.2) is 0 Å². The van der Waals surface area contributed by atoms with E-state index in [9.17, 15) is 0 Å². The minimum atomic E-state index is 0.446. The van der Waals surface area contributed by atoms with Gasteiger partial charge < -0.3 is 14.5 Å². The van der Waals surface area contributed by atoms with Crippen LogP contribution in [0.3, 0.4) is 0 Å². The summed E-state index contributed by atoms with van der Waals surface area (Å²) in [5, 5.41) is 3.30. The fraction of sp³-hybridized carbons (Fsp3) is 0.714. The summed E-state index contributed by atoms with van der Waals surface area (Å²) in [4.78, 5) is 2.44. The van der Waals surface area contributed by atoms with Gasteiger partial charge in [0.05, 0.1) is 18.9 Å². The van der Waals surface area contributed by atoms with Crippen molar-refractivity contribution in [3.8, 4) is 0 Å². The lowest BCUT2D eigenvalue weighted by molar-refractivity contribution is 0.0370. The van der Waals surface area contributed by atoms with Crippen LogP contribution in [0.4, 0.5) is 0 Å². The van der Waals surface area contributed by atoms with E-state index in [1.165, 1.54) is 5.56 Å². The van der Waals surface area contributed by atoms with Gasteiger partial charge in [0, 0.05) is 32.3 Å². The number of furan rings is 1. The quantitative estimate of drug-likeness (QED) is 0.840. The van der Waals surface area contributed by atoms with Gasteiger partial charge in [-0.05, 0) is 25.5 Å². The molecule has 0 radical (unpaired) electrons. The van der Waals surface area contributed by atoms with Crippen molar-refractivity contribution < 1.29 is 9.15 Å². The van der Waals surface area contributed by atoms with E-state index in [2.05, 4.69) is 23.2 Å². The van der Waals surface area contributed by atoms with Gasteiger partial charge in [-0.15, -0.1) is 0 Å². The molecule has 0 unspecified atom stereocenters. The van der Waals surface area contributed by atoms with Crippen LogP contribution in [0.15, 0.2) is 16.7 Å². The number of rotatable bonds is 6. The SMILES string of the molecule is CCNCc1coc(CN2CCC(OC)CC2)c1. The van der Waals surface area contributed by atoms with Crippen LogP contribution in [0.5, 0.6) is 0 Å². The van der Waals surface area contributed by atoms with E-state index in [1.54, 1.807) is 7.11 Å². The molecule has 1 N–H and O–H groups in total. The Morgan fingerprint density at radius 2 is 2.22 bits per heavy atom. The summed E-state index contributed by atoms with van der Waals surface area (Å²) >= 11 is 0. The first-order valence-electron chi connectivity index (χ1n) is 6.84. The third-order valence-corrected chi connectivity index (χ3v) is 3.53. The topological polar surface area (TPSA) is 37.6 Å². The van der Waals surface area contributed by atoms with Gasteiger partial charge in [-0.1, -0.05) is 6.92 Å². The molecule has 1 aliphatic rings. The monoisotopic (exact) mass is 252 g/mol. The maximum Gasteiger partial charge on any atom is 0.118 e. The van der Waals surface area contributed by atoms with Crippen LogP contribution in [0.25, 0.3) is 0 Å². The Hall–Kier alpha value is -0.840. The van der Waals surface area contributed by atoms with E-state index < -0.39 is 0 Å². The Kier molecular flexibility index (Phi) is 5.23. The number of ether oxygens (including phenoxy) is 1. The maximum atomic E-state index is 5.60. The summed E-state index contributed by atoms with van der Waals surface area (Å²) in [7, 11) is 1.81. The molecule has 0 bridgehead atoms. The lowest BCUT2D eigenvalue weighted by atomic mass is 10.1. The number of piperidine rings is 1.